The lowest BCUT2D eigenvalue weighted by atomic mass is 10.1. The molecule has 2 rings (SSSR count). The van der Waals surface area contributed by atoms with Gasteiger partial charge in [-0.05, 0) is 25.7 Å². The third-order valence-corrected chi connectivity index (χ3v) is 5.12. The molecule has 102 valence electrons. The van der Waals surface area contributed by atoms with Crippen LogP contribution >= 0.6 is 0 Å². The molecule has 0 aromatic carbocycles. The SMILES string of the molecule is CCn1cnc(S(=O)(=O)N2CCC(CCO)C2)c1. The summed E-state index contributed by atoms with van der Waals surface area (Å²) in [4.78, 5) is 3.96. The van der Waals surface area contributed by atoms with E-state index >= 15 is 0 Å². The second-order valence-electron chi connectivity index (χ2n) is 4.57. The van der Waals surface area contributed by atoms with Crippen LogP contribution in [0.5, 0.6) is 0 Å². The topological polar surface area (TPSA) is 75.4 Å². The molecule has 1 aromatic rings. The van der Waals surface area contributed by atoms with E-state index in [1.165, 1.54) is 10.6 Å². The van der Waals surface area contributed by atoms with Crippen LogP contribution in [0.2, 0.25) is 0 Å². The van der Waals surface area contributed by atoms with E-state index in [2.05, 4.69) is 4.98 Å². The Morgan fingerprint density at radius 1 is 1.56 bits per heavy atom. The largest absolute Gasteiger partial charge is 0.396 e. The molecule has 1 aliphatic heterocycles. The number of nitrogens with zero attached hydrogens (tertiary/aromatic N) is 3. The Labute approximate surface area is 107 Å². The zero-order valence-corrected chi connectivity index (χ0v) is 11.3. The lowest BCUT2D eigenvalue weighted by Crippen LogP contribution is -2.29. The molecule has 1 unspecified atom stereocenters. The summed E-state index contributed by atoms with van der Waals surface area (Å²) in [5.41, 5.74) is 0. The van der Waals surface area contributed by atoms with Crippen LogP contribution in [0.15, 0.2) is 17.6 Å². The van der Waals surface area contributed by atoms with E-state index in [-0.39, 0.29) is 17.6 Å². The van der Waals surface area contributed by atoms with Gasteiger partial charge in [0.25, 0.3) is 10.0 Å². The summed E-state index contributed by atoms with van der Waals surface area (Å²) >= 11 is 0. The molecule has 0 radical (unpaired) electrons. The third kappa shape index (κ3) is 2.57. The van der Waals surface area contributed by atoms with E-state index in [1.54, 1.807) is 10.8 Å². The highest BCUT2D eigenvalue weighted by atomic mass is 32.2. The highest BCUT2D eigenvalue weighted by Crippen LogP contribution is 2.25. The number of imidazole rings is 1. The molecular weight excluding hydrogens is 254 g/mol. The predicted octanol–water partition coefficient (Wildman–Crippen LogP) is 0.296. The predicted molar refractivity (Wildman–Crippen MR) is 66.5 cm³/mol. The molecule has 1 fully saturated rings. The zero-order valence-electron chi connectivity index (χ0n) is 10.5. The summed E-state index contributed by atoms with van der Waals surface area (Å²) in [5.74, 6) is 0.262. The number of rotatable bonds is 5. The Bertz CT molecular complexity index is 497. The quantitative estimate of drug-likeness (QED) is 0.837. The molecule has 1 aromatic heterocycles. The first kappa shape index (κ1) is 13.5. The standard InChI is InChI=1S/C11H19N3O3S/c1-2-13-8-11(12-9-13)18(16,17)14-5-3-10(7-14)4-6-15/h8-10,15H,2-7H2,1H3. The van der Waals surface area contributed by atoms with Crippen LogP contribution in [0, 0.1) is 5.92 Å². The van der Waals surface area contributed by atoms with Crippen molar-refractivity contribution in [2.45, 2.75) is 31.3 Å². The third-order valence-electron chi connectivity index (χ3n) is 3.36. The van der Waals surface area contributed by atoms with Gasteiger partial charge >= 0.3 is 0 Å². The molecule has 18 heavy (non-hydrogen) atoms. The van der Waals surface area contributed by atoms with Gasteiger partial charge in [-0.3, -0.25) is 0 Å². The molecular formula is C11H19N3O3S. The van der Waals surface area contributed by atoms with Crippen LogP contribution in [-0.4, -0.2) is 47.1 Å². The van der Waals surface area contributed by atoms with Crippen LogP contribution in [0.1, 0.15) is 19.8 Å². The van der Waals surface area contributed by atoms with E-state index in [0.717, 1.165) is 6.42 Å². The van der Waals surface area contributed by atoms with E-state index in [9.17, 15) is 8.42 Å². The van der Waals surface area contributed by atoms with Crippen LogP contribution in [0.3, 0.4) is 0 Å². The maximum absolute atomic E-state index is 12.3. The number of sulfonamides is 1. The Morgan fingerprint density at radius 2 is 2.33 bits per heavy atom. The first-order chi connectivity index (χ1) is 8.57. The molecule has 7 heteroatoms. The summed E-state index contributed by atoms with van der Waals surface area (Å²) in [6.45, 7) is 3.76. The summed E-state index contributed by atoms with van der Waals surface area (Å²) in [6, 6.07) is 0. The number of aliphatic hydroxyl groups excluding tert-OH is 1. The van der Waals surface area contributed by atoms with Gasteiger partial charge in [0.1, 0.15) is 0 Å². The Morgan fingerprint density at radius 3 is 2.94 bits per heavy atom. The van der Waals surface area contributed by atoms with Crippen LogP contribution < -0.4 is 0 Å². The minimum absolute atomic E-state index is 0.114. The molecule has 1 N–H and O–H groups in total. The Kier molecular flexibility index (Phi) is 4.04. The maximum Gasteiger partial charge on any atom is 0.262 e. The second kappa shape index (κ2) is 5.38. The van der Waals surface area contributed by atoms with Crippen molar-refractivity contribution >= 4 is 10.0 Å². The van der Waals surface area contributed by atoms with E-state index in [0.29, 0.717) is 26.1 Å². The fourth-order valence-corrected chi connectivity index (χ4v) is 3.68. The zero-order chi connectivity index (χ0) is 13.2. The van der Waals surface area contributed by atoms with E-state index in [1.807, 2.05) is 6.92 Å². The van der Waals surface area contributed by atoms with Crippen molar-refractivity contribution in [1.29, 1.82) is 0 Å². The van der Waals surface area contributed by atoms with Crippen molar-refractivity contribution in [3.05, 3.63) is 12.5 Å². The Balaban J connectivity index is 2.12. The molecule has 0 saturated carbocycles. The van der Waals surface area contributed by atoms with Gasteiger partial charge in [0.05, 0.1) is 6.33 Å². The molecule has 1 aliphatic rings. The number of aliphatic hydroxyl groups is 1. The van der Waals surface area contributed by atoms with Crippen molar-refractivity contribution in [3.8, 4) is 0 Å². The molecule has 1 saturated heterocycles. The summed E-state index contributed by atoms with van der Waals surface area (Å²) in [7, 11) is -3.46. The molecule has 1 atom stereocenters. The van der Waals surface area contributed by atoms with Crippen LogP contribution in [-0.2, 0) is 16.6 Å². The van der Waals surface area contributed by atoms with Crippen molar-refractivity contribution in [2.24, 2.45) is 5.92 Å². The molecule has 6 nitrogen and oxygen atoms in total. The van der Waals surface area contributed by atoms with Gasteiger partial charge < -0.3 is 9.67 Å². The fourth-order valence-electron chi connectivity index (χ4n) is 2.21. The summed E-state index contributed by atoms with van der Waals surface area (Å²) in [6.07, 6.45) is 4.58. The van der Waals surface area contributed by atoms with Crippen molar-refractivity contribution < 1.29 is 13.5 Å². The number of aryl methyl sites for hydroxylation is 1. The lowest BCUT2D eigenvalue weighted by Gasteiger charge is -2.14. The minimum atomic E-state index is -3.46. The first-order valence-electron chi connectivity index (χ1n) is 6.20. The number of aromatic nitrogens is 2. The van der Waals surface area contributed by atoms with Crippen molar-refractivity contribution in [3.63, 3.8) is 0 Å². The molecule has 0 amide bonds. The van der Waals surface area contributed by atoms with Gasteiger partial charge in [0.2, 0.25) is 0 Å². The number of hydrogen-bond donors (Lipinski definition) is 1. The average molecular weight is 273 g/mol. The average Bonchev–Trinajstić information content (AvgIpc) is 2.98. The van der Waals surface area contributed by atoms with Gasteiger partial charge in [-0.25, -0.2) is 13.4 Å². The summed E-state index contributed by atoms with van der Waals surface area (Å²) in [5, 5.41) is 9.00. The van der Waals surface area contributed by atoms with Gasteiger partial charge in [-0.1, -0.05) is 0 Å². The summed E-state index contributed by atoms with van der Waals surface area (Å²) < 4.78 is 27.8. The first-order valence-corrected chi connectivity index (χ1v) is 7.64. The lowest BCUT2D eigenvalue weighted by molar-refractivity contribution is 0.259. The van der Waals surface area contributed by atoms with Gasteiger partial charge in [0, 0.05) is 32.4 Å². The van der Waals surface area contributed by atoms with Crippen LogP contribution in [0.4, 0.5) is 0 Å². The fraction of sp³-hybridized carbons (Fsp3) is 0.727. The highest BCUT2D eigenvalue weighted by molar-refractivity contribution is 7.89. The normalized spacial score (nSPS) is 21.6. The molecule has 2 heterocycles. The monoisotopic (exact) mass is 273 g/mol. The second-order valence-corrected chi connectivity index (χ2v) is 6.46. The number of hydrogen-bond acceptors (Lipinski definition) is 4. The van der Waals surface area contributed by atoms with Gasteiger partial charge in [-0.15, -0.1) is 0 Å². The van der Waals surface area contributed by atoms with E-state index in [4.69, 9.17) is 5.11 Å². The maximum atomic E-state index is 12.3. The van der Waals surface area contributed by atoms with Crippen LogP contribution in [0.25, 0.3) is 0 Å². The van der Waals surface area contributed by atoms with Gasteiger partial charge in [-0.2, -0.15) is 4.31 Å². The molecule has 0 spiro atoms. The van der Waals surface area contributed by atoms with Crippen molar-refractivity contribution in [2.75, 3.05) is 19.7 Å². The minimum Gasteiger partial charge on any atom is -0.396 e. The van der Waals surface area contributed by atoms with Gasteiger partial charge in [0.15, 0.2) is 5.03 Å². The smallest absolute Gasteiger partial charge is 0.262 e. The Hall–Kier alpha value is -0.920. The van der Waals surface area contributed by atoms with Crippen molar-refractivity contribution in [1.82, 2.24) is 13.9 Å². The van der Waals surface area contributed by atoms with E-state index < -0.39 is 10.0 Å². The molecule has 0 aliphatic carbocycles. The molecule has 0 bridgehead atoms. The highest BCUT2D eigenvalue weighted by Gasteiger charge is 2.33.